The van der Waals surface area contributed by atoms with E-state index in [0.29, 0.717) is 12.2 Å². The molecule has 0 atom stereocenters. The van der Waals surface area contributed by atoms with Crippen molar-refractivity contribution in [2.24, 2.45) is 0 Å². The Labute approximate surface area is 111 Å². The minimum atomic E-state index is -1.39. The summed E-state index contributed by atoms with van der Waals surface area (Å²) in [6.45, 7) is 10.4. The Bertz CT molecular complexity index is 410. The molecule has 0 bridgehead atoms. The van der Waals surface area contributed by atoms with Crippen molar-refractivity contribution in [3.8, 4) is 0 Å². The van der Waals surface area contributed by atoms with Crippen molar-refractivity contribution in [2.45, 2.75) is 32.5 Å². The second-order valence-corrected chi connectivity index (χ2v) is 10.1. The topological polar surface area (TPSA) is 26.3 Å². The van der Waals surface area contributed by atoms with Crippen molar-refractivity contribution in [1.29, 1.82) is 0 Å². The second kappa shape index (κ2) is 6.54. The van der Waals surface area contributed by atoms with Crippen molar-refractivity contribution >= 4 is 19.2 Å². The smallest absolute Gasteiger partial charge is 0.333 e. The van der Waals surface area contributed by atoms with Crippen LogP contribution < -0.4 is 5.19 Å². The fourth-order valence-corrected chi connectivity index (χ4v) is 4.25. The zero-order valence-corrected chi connectivity index (χ0v) is 12.5. The molecular weight excluding hydrogens is 240 g/mol. The summed E-state index contributed by atoms with van der Waals surface area (Å²) in [5.74, 6) is -0.283. The first-order valence-electron chi connectivity index (χ1n) is 6.31. The van der Waals surface area contributed by atoms with E-state index < -0.39 is 8.07 Å². The van der Waals surface area contributed by atoms with E-state index in [0.717, 1.165) is 12.5 Å². The lowest BCUT2D eigenvalue weighted by atomic mass is 10.4. The quantitative estimate of drug-likeness (QED) is 0.341. The van der Waals surface area contributed by atoms with Gasteiger partial charge in [0.25, 0.3) is 0 Å². The van der Waals surface area contributed by atoms with Crippen LogP contribution in [0.4, 0.5) is 0 Å². The van der Waals surface area contributed by atoms with Gasteiger partial charge in [-0.05, 0) is 13.3 Å². The van der Waals surface area contributed by atoms with Gasteiger partial charge in [-0.3, -0.25) is 0 Å². The van der Waals surface area contributed by atoms with Crippen LogP contribution in [0.1, 0.15) is 13.3 Å². The van der Waals surface area contributed by atoms with E-state index in [9.17, 15) is 4.79 Å². The Morgan fingerprint density at radius 1 is 1.28 bits per heavy atom. The van der Waals surface area contributed by atoms with Crippen LogP contribution in [0.3, 0.4) is 0 Å². The van der Waals surface area contributed by atoms with E-state index in [1.807, 2.05) is 6.07 Å². The van der Waals surface area contributed by atoms with Gasteiger partial charge in [-0.1, -0.05) is 61.2 Å². The summed E-state index contributed by atoms with van der Waals surface area (Å²) in [5, 5.41) is 1.45. The first-order valence-corrected chi connectivity index (χ1v) is 9.52. The van der Waals surface area contributed by atoms with Gasteiger partial charge in [0, 0.05) is 5.57 Å². The summed E-state index contributed by atoms with van der Waals surface area (Å²) in [6.07, 6.45) is 0.924. The third kappa shape index (κ3) is 4.49. The Hall–Kier alpha value is -1.35. The monoisotopic (exact) mass is 262 g/mol. The molecule has 0 aliphatic carbocycles. The molecule has 0 amide bonds. The lowest BCUT2D eigenvalue weighted by Gasteiger charge is -2.22. The van der Waals surface area contributed by atoms with Gasteiger partial charge in [0.2, 0.25) is 0 Å². The highest BCUT2D eigenvalue weighted by atomic mass is 28.3. The lowest BCUT2D eigenvalue weighted by molar-refractivity contribution is -0.138. The largest absolute Gasteiger partial charge is 0.462 e. The van der Waals surface area contributed by atoms with E-state index >= 15 is 0 Å². The van der Waals surface area contributed by atoms with Crippen LogP contribution in [-0.2, 0) is 9.53 Å². The Morgan fingerprint density at radius 2 is 1.89 bits per heavy atom. The lowest BCUT2D eigenvalue weighted by Crippen LogP contribution is -2.41. The molecule has 2 nitrogen and oxygen atoms in total. The number of rotatable bonds is 6. The van der Waals surface area contributed by atoms with Crippen molar-refractivity contribution in [2.75, 3.05) is 6.61 Å². The number of hydrogen-bond acceptors (Lipinski definition) is 2. The highest BCUT2D eigenvalue weighted by Crippen LogP contribution is 2.12. The highest BCUT2D eigenvalue weighted by Gasteiger charge is 2.22. The predicted octanol–water partition coefficient (Wildman–Crippen LogP) is 3.11. The zero-order valence-electron chi connectivity index (χ0n) is 11.5. The summed E-state index contributed by atoms with van der Waals surface area (Å²) >= 11 is 0. The van der Waals surface area contributed by atoms with Gasteiger partial charge < -0.3 is 4.74 Å². The molecule has 0 fully saturated rings. The van der Waals surface area contributed by atoms with Gasteiger partial charge in [-0.15, -0.1) is 0 Å². The molecule has 3 heteroatoms. The van der Waals surface area contributed by atoms with Crippen molar-refractivity contribution in [3.63, 3.8) is 0 Å². The number of ether oxygens (including phenoxy) is 1. The zero-order chi connectivity index (χ0) is 13.6. The van der Waals surface area contributed by atoms with E-state index in [1.165, 1.54) is 5.19 Å². The number of benzene rings is 1. The molecular formula is C15H22O2Si. The van der Waals surface area contributed by atoms with Crippen LogP contribution in [0.25, 0.3) is 0 Å². The Kier molecular flexibility index (Phi) is 5.35. The molecule has 0 aliphatic rings. The second-order valence-electron chi connectivity index (χ2n) is 5.27. The number of carbonyl (C=O) groups is 1. The molecule has 0 spiro atoms. The third-order valence-corrected chi connectivity index (χ3v) is 6.58. The first kappa shape index (κ1) is 14.7. The van der Waals surface area contributed by atoms with E-state index in [-0.39, 0.29) is 5.97 Å². The average Bonchev–Trinajstić information content (AvgIpc) is 2.35. The van der Waals surface area contributed by atoms with Crippen molar-refractivity contribution in [1.82, 2.24) is 0 Å². The molecule has 0 aliphatic heterocycles. The molecule has 1 rings (SSSR count). The summed E-state index contributed by atoms with van der Waals surface area (Å²) in [6, 6.07) is 11.7. The van der Waals surface area contributed by atoms with E-state index in [2.05, 4.69) is 43.9 Å². The van der Waals surface area contributed by atoms with Crippen LogP contribution in [0.5, 0.6) is 0 Å². The third-order valence-electron chi connectivity index (χ3n) is 3.08. The van der Waals surface area contributed by atoms with Gasteiger partial charge in [-0.25, -0.2) is 4.79 Å². The van der Waals surface area contributed by atoms with Gasteiger partial charge in [0.1, 0.15) is 0 Å². The predicted molar refractivity (Wildman–Crippen MR) is 78.8 cm³/mol. The molecule has 0 unspecified atom stereocenters. The van der Waals surface area contributed by atoms with Crippen LogP contribution in [-0.4, -0.2) is 20.7 Å². The maximum absolute atomic E-state index is 11.2. The van der Waals surface area contributed by atoms with Crippen LogP contribution in [0.2, 0.25) is 19.1 Å². The summed E-state index contributed by atoms with van der Waals surface area (Å²) in [7, 11) is -1.39. The number of esters is 1. The maximum Gasteiger partial charge on any atom is 0.333 e. The minimum absolute atomic E-state index is 0.283. The van der Waals surface area contributed by atoms with Crippen LogP contribution >= 0.6 is 0 Å². The molecule has 1 aromatic carbocycles. The van der Waals surface area contributed by atoms with Gasteiger partial charge in [0.15, 0.2) is 0 Å². The molecule has 0 aromatic heterocycles. The highest BCUT2D eigenvalue weighted by molar-refractivity contribution is 6.89. The van der Waals surface area contributed by atoms with E-state index in [1.54, 1.807) is 6.92 Å². The number of carbonyl (C=O) groups excluding carboxylic acids is 1. The fraction of sp³-hybridized carbons (Fsp3) is 0.400. The molecule has 0 radical (unpaired) electrons. The van der Waals surface area contributed by atoms with Crippen molar-refractivity contribution < 1.29 is 9.53 Å². The average molecular weight is 262 g/mol. The van der Waals surface area contributed by atoms with Crippen molar-refractivity contribution in [3.05, 3.63) is 42.5 Å². The fourth-order valence-electron chi connectivity index (χ4n) is 1.84. The van der Waals surface area contributed by atoms with Crippen LogP contribution in [0.15, 0.2) is 42.5 Å². The molecule has 0 N–H and O–H groups in total. The molecule has 0 saturated carbocycles. The van der Waals surface area contributed by atoms with E-state index in [4.69, 9.17) is 4.74 Å². The first-order chi connectivity index (χ1) is 8.43. The van der Waals surface area contributed by atoms with Gasteiger partial charge in [-0.2, -0.15) is 0 Å². The Morgan fingerprint density at radius 3 is 2.44 bits per heavy atom. The minimum Gasteiger partial charge on any atom is -0.462 e. The van der Waals surface area contributed by atoms with Gasteiger partial charge in [0.05, 0.1) is 14.7 Å². The molecule has 0 heterocycles. The maximum atomic E-state index is 11.2. The normalized spacial score (nSPS) is 11.1. The Balaban J connectivity index is 2.39. The SMILES string of the molecule is C=C(C)C(=O)OCCC[Si](C)(C)c1ccccc1. The molecule has 0 saturated heterocycles. The number of hydrogen-bond donors (Lipinski definition) is 0. The summed E-state index contributed by atoms with van der Waals surface area (Å²) in [4.78, 5) is 11.2. The molecule has 1 aromatic rings. The summed E-state index contributed by atoms with van der Waals surface area (Å²) < 4.78 is 5.12. The van der Waals surface area contributed by atoms with Gasteiger partial charge >= 0.3 is 5.97 Å². The summed E-state index contributed by atoms with van der Waals surface area (Å²) in [5.41, 5.74) is 0.467. The molecule has 98 valence electrons. The standard InChI is InChI=1S/C15H22O2Si/c1-13(2)15(16)17-11-8-12-18(3,4)14-9-6-5-7-10-14/h5-7,9-10H,1,8,11-12H2,2-4H3. The molecule has 18 heavy (non-hydrogen) atoms. The van der Waals surface area contributed by atoms with Crippen LogP contribution in [0, 0.1) is 0 Å².